The molecule has 0 fully saturated rings. The van der Waals surface area contributed by atoms with E-state index in [9.17, 15) is 5.11 Å². The van der Waals surface area contributed by atoms with Crippen LogP contribution in [-0.4, -0.2) is 17.8 Å². The van der Waals surface area contributed by atoms with Crippen LogP contribution in [0.3, 0.4) is 0 Å². The van der Waals surface area contributed by atoms with Crippen molar-refractivity contribution in [3.05, 3.63) is 63.6 Å². The molecular weight excluding hydrogens is 307 g/mol. The Balaban J connectivity index is 1.69. The van der Waals surface area contributed by atoms with Crippen molar-refractivity contribution in [3.63, 3.8) is 0 Å². The molecule has 1 aliphatic heterocycles. The minimum atomic E-state index is -0.462. The lowest BCUT2D eigenvalue weighted by atomic mass is 9.89. The van der Waals surface area contributed by atoms with Crippen LogP contribution < -0.4 is 4.74 Å². The summed E-state index contributed by atoms with van der Waals surface area (Å²) in [5.74, 6) is 1.02. The van der Waals surface area contributed by atoms with E-state index in [1.54, 1.807) is 6.07 Å². The summed E-state index contributed by atoms with van der Waals surface area (Å²) in [6.07, 6.45) is 0.918. The molecule has 0 radical (unpaired) electrons. The predicted octanol–water partition coefficient (Wildman–Crippen LogP) is 4.15. The molecule has 0 amide bonds. The smallest absolute Gasteiger partial charge is 0.122 e. The molecule has 3 rings (SSSR count). The van der Waals surface area contributed by atoms with E-state index in [4.69, 9.17) is 27.9 Å². The van der Waals surface area contributed by atoms with Gasteiger partial charge in [0.25, 0.3) is 0 Å². The molecule has 2 unspecified atom stereocenters. The number of hydrogen-bond acceptors (Lipinski definition) is 2. The first kappa shape index (κ1) is 14.7. The molecule has 0 aliphatic carbocycles. The summed E-state index contributed by atoms with van der Waals surface area (Å²) in [6, 6.07) is 13.4. The highest BCUT2D eigenvalue weighted by atomic mass is 35.5. The summed E-state index contributed by atoms with van der Waals surface area (Å²) in [5.41, 5.74) is 2.14. The summed E-state index contributed by atoms with van der Waals surface area (Å²) < 4.78 is 5.73. The van der Waals surface area contributed by atoms with Gasteiger partial charge in [-0.2, -0.15) is 0 Å². The van der Waals surface area contributed by atoms with Crippen molar-refractivity contribution in [1.82, 2.24) is 0 Å². The van der Waals surface area contributed by atoms with E-state index in [1.807, 2.05) is 36.4 Å². The summed E-state index contributed by atoms with van der Waals surface area (Å²) in [5, 5.41) is 11.5. The van der Waals surface area contributed by atoms with Crippen LogP contribution in [-0.2, 0) is 12.8 Å². The van der Waals surface area contributed by atoms with Crippen LogP contribution in [0.2, 0.25) is 10.0 Å². The van der Waals surface area contributed by atoms with Gasteiger partial charge >= 0.3 is 0 Å². The molecule has 21 heavy (non-hydrogen) atoms. The van der Waals surface area contributed by atoms with Crippen molar-refractivity contribution in [1.29, 1.82) is 0 Å². The van der Waals surface area contributed by atoms with Crippen LogP contribution in [0.25, 0.3) is 0 Å². The maximum Gasteiger partial charge on any atom is 0.122 e. The van der Waals surface area contributed by atoms with E-state index >= 15 is 0 Å². The van der Waals surface area contributed by atoms with Gasteiger partial charge in [0, 0.05) is 5.92 Å². The molecule has 4 heteroatoms. The fraction of sp³-hybridized carbons (Fsp3) is 0.294. The lowest BCUT2D eigenvalue weighted by Crippen LogP contribution is -2.33. The van der Waals surface area contributed by atoms with Gasteiger partial charge in [-0.25, -0.2) is 0 Å². The second-order valence-corrected chi connectivity index (χ2v) is 6.22. The van der Waals surface area contributed by atoms with Gasteiger partial charge < -0.3 is 9.84 Å². The lowest BCUT2D eigenvalue weighted by molar-refractivity contribution is 0.0652. The molecule has 2 atom stereocenters. The highest BCUT2D eigenvalue weighted by molar-refractivity contribution is 6.42. The molecule has 1 heterocycles. The Morgan fingerprint density at radius 3 is 2.76 bits per heavy atom. The molecule has 1 N–H and O–H groups in total. The maximum absolute atomic E-state index is 10.5. The third-order valence-electron chi connectivity index (χ3n) is 3.88. The lowest BCUT2D eigenvalue weighted by Gasteiger charge is -2.29. The SMILES string of the molecule is OC(Cc1ccc(Cl)c(Cl)c1)C1COc2ccccc2C1. The van der Waals surface area contributed by atoms with E-state index < -0.39 is 6.10 Å². The fourth-order valence-corrected chi connectivity index (χ4v) is 2.99. The highest BCUT2D eigenvalue weighted by Gasteiger charge is 2.26. The van der Waals surface area contributed by atoms with Gasteiger partial charge in [-0.1, -0.05) is 47.5 Å². The zero-order chi connectivity index (χ0) is 14.8. The van der Waals surface area contributed by atoms with E-state index in [0.717, 1.165) is 23.3 Å². The fourth-order valence-electron chi connectivity index (χ4n) is 2.67. The Morgan fingerprint density at radius 1 is 1.14 bits per heavy atom. The number of fused-ring (bicyclic) bond motifs is 1. The number of rotatable bonds is 3. The standard InChI is InChI=1S/C17H16Cl2O2/c18-14-6-5-11(7-15(14)19)8-16(20)13-9-12-3-1-2-4-17(12)21-10-13/h1-7,13,16,20H,8-10H2. The molecule has 2 aromatic rings. The third-order valence-corrected chi connectivity index (χ3v) is 4.62. The minimum absolute atomic E-state index is 0.0920. The van der Waals surface area contributed by atoms with Gasteiger partial charge in [-0.3, -0.25) is 0 Å². The molecule has 2 nitrogen and oxygen atoms in total. The second kappa shape index (κ2) is 6.27. The Bertz CT molecular complexity index is 642. The number of aliphatic hydroxyl groups is 1. The normalized spacial score (nSPS) is 18.7. The van der Waals surface area contributed by atoms with Crippen LogP contribution in [0.5, 0.6) is 5.75 Å². The van der Waals surface area contributed by atoms with Crippen LogP contribution in [0.15, 0.2) is 42.5 Å². The van der Waals surface area contributed by atoms with E-state index in [-0.39, 0.29) is 5.92 Å². The number of halogens is 2. The van der Waals surface area contributed by atoms with E-state index in [0.29, 0.717) is 23.1 Å². The van der Waals surface area contributed by atoms with Crippen LogP contribution in [0.4, 0.5) is 0 Å². The number of hydrogen-bond donors (Lipinski definition) is 1. The monoisotopic (exact) mass is 322 g/mol. The third kappa shape index (κ3) is 3.34. The molecule has 110 valence electrons. The molecule has 1 aliphatic rings. The highest BCUT2D eigenvalue weighted by Crippen LogP contribution is 2.30. The number of para-hydroxylation sites is 1. The van der Waals surface area contributed by atoms with Crippen molar-refractivity contribution in [2.24, 2.45) is 5.92 Å². The van der Waals surface area contributed by atoms with E-state index in [1.165, 1.54) is 0 Å². The zero-order valence-corrected chi connectivity index (χ0v) is 12.9. The summed E-state index contributed by atoms with van der Waals surface area (Å²) in [4.78, 5) is 0. The zero-order valence-electron chi connectivity index (χ0n) is 11.4. The van der Waals surface area contributed by atoms with Gasteiger partial charge in [0.05, 0.1) is 22.8 Å². The van der Waals surface area contributed by atoms with Crippen LogP contribution in [0, 0.1) is 5.92 Å². The molecule has 0 aromatic heterocycles. The molecule has 0 saturated heterocycles. The number of ether oxygens (including phenoxy) is 1. The second-order valence-electron chi connectivity index (χ2n) is 5.40. The van der Waals surface area contributed by atoms with Crippen molar-refractivity contribution >= 4 is 23.2 Å². The van der Waals surface area contributed by atoms with Crippen LogP contribution in [0.1, 0.15) is 11.1 Å². The van der Waals surface area contributed by atoms with Crippen molar-refractivity contribution in [2.45, 2.75) is 18.9 Å². The van der Waals surface area contributed by atoms with Crippen molar-refractivity contribution < 1.29 is 9.84 Å². The Kier molecular flexibility index (Phi) is 4.39. The van der Waals surface area contributed by atoms with Gasteiger partial charge in [0.1, 0.15) is 5.75 Å². The first-order chi connectivity index (χ1) is 10.1. The average Bonchev–Trinajstić information content (AvgIpc) is 2.50. The molecule has 0 saturated carbocycles. The first-order valence-corrected chi connectivity index (χ1v) is 7.72. The molecule has 0 spiro atoms. The average molecular weight is 323 g/mol. The Hall–Kier alpha value is -1.22. The quantitative estimate of drug-likeness (QED) is 0.919. The minimum Gasteiger partial charge on any atom is -0.493 e. The summed E-state index contributed by atoms with van der Waals surface area (Å²) in [7, 11) is 0. The van der Waals surface area contributed by atoms with Gasteiger partial charge in [-0.15, -0.1) is 0 Å². The van der Waals surface area contributed by atoms with Crippen molar-refractivity contribution in [3.8, 4) is 5.75 Å². The number of aliphatic hydroxyl groups excluding tert-OH is 1. The van der Waals surface area contributed by atoms with Gasteiger partial charge in [0.2, 0.25) is 0 Å². The summed E-state index contributed by atoms with van der Waals surface area (Å²) >= 11 is 11.9. The Labute approximate surface area is 134 Å². The largest absolute Gasteiger partial charge is 0.493 e. The van der Waals surface area contributed by atoms with Gasteiger partial charge in [-0.05, 0) is 42.2 Å². The van der Waals surface area contributed by atoms with Crippen molar-refractivity contribution in [2.75, 3.05) is 6.61 Å². The maximum atomic E-state index is 10.5. The summed E-state index contributed by atoms with van der Waals surface area (Å²) in [6.45, 7) is 0.541. The topological polar surface area (TPSA) is 29.5 Å². The number of benzene rings is 2. The van der Waals surface area contributed by atoms with Gasteiger partial charge in [0.15, 0.2) is 0 Å². The van der Waals surface area contributed by atoms with E-state index in [2.05, 4.69) is 0 Å². The Morgan fingerprint density at radius 2 is 1.95 bits per heavy atom. The molecular formula is C17H16Cl2O2. The molecule has 2 aromatic carbocycles. The predicted molar refractivity (Wildman–Crippen MR) is 85.3 cm³/mol. The molecule has 0 bridgehead atoms. The van der Waals surface area contributed by atoms with Crippen LogP contribution >= 0.6 is 23.2 Å². The first-order valence-electron chi connectivity index (χ1n) is 6.96.